The van der Waals surface area contributed by atoms with E-state index in [-0.39, 0.29) is 82.0 Å². The second kappa shape index (κ2) is 26.3. The fourth-order valence-corrected chi connectivity index (χ4v) is 5.09. The van der Waals surface area contributed by atoms with Crippen LogP contribution in [0, 0.1) is 0 Å². The van der Waals surface area contributed by atoms with E-state index in [2.05, 4.69) is 6.92 Å². The van der Waals surface area contributed by atoms with E-state index in [1.54, 1.807) is 12.1 Å². The molecule has 40 heavy (non-hydrogen) atoms. The summed E-state index contributed by atoms with van der Waals surface area (Å²) in [5.74, 6) is -1.73. The van der Waals surface area contributed by atoms with Crippen LogP contribution in [0.1, 0.15) is 150 Å². The second-order valence-corrected chi connectivity index (χ2v) is 12.0. The van der Waals surface area contributed by atoms with Crippen molar-refractivity contribution in [3.05, 3.63) is 35.4 Å². The summed E-state index contributed by atoms with van der Waals surface area (Å²) in [5.41, 5.74) is 0.262. The van der Waals surface area contributed by atoms with Gasteiger partial charge in [0, 0.05) is 5.75 Å². The van der Waals surface area contributed by atoms with E-state index in [1.807, 2.05) is 0 Å². The first-order valence-electron chi connectivity index (χ1n) is 15.2. The van der Waals surface area contributed by atoms with Crippen LogP contribution in [0.5, 0.6) is 0 Å². The minimum absolute atomic E-state index is 0. The van der Waals surface area contributed by atoms with E-state index in [1.165, 1.54) is 102 Å². The summed E-state index contributed by atoms with van der Waals surface area (Å²) >= 11 is 0. The molecule has 0 aliphatic rings. The molecule has 1 rings (SSSR count). The predicted molar refractivity (Wildman–Crippen MR) is 155 cm³/mol. The van der Waals surface area contributed by atoms with Gasteiger partial charge in [0.1, 0.15) is 0 Å². The molecule has 1 aromatic carbocycles. The van der Waals surface area contributed by atoms with E-state index in [0.29, 0.717) is 6.61 Å². The molecule has 0 aliphatic heterocycles. The van der Waals surface area contributed by atoms with Gasteiger partial charge in [0.25, 0.3) is 0 Å². The predicted octanol–water partition coefficient (Wildman–Crippen LogP) is 4.98. The summed E-state index contributed by atoms with van der Waals surface area (Å²) in [5, 5.41) is 0. The molecule has 9 heteroatoms. The number of carbonyl (C=O) groups is 2. The maximum atomic E-state index is 12.5. The second-order valence-electron chi connectivity index (χ2n) is 10.4. The first-order valence-corrected chi connectivity index (χ1v) is 16.8. The number of carbonyl (C=O) groups excluding carboxylic acids is 2. The zero-order chi connectivity index (χ0) is 28.6. The quantitative estimate of drug-likeness (QED) is 0.0668. The number of benzene rings is 1. The third-order valence-corrected chi connectivity index (χ3v) is 7.66. The Morgan fingerprint density at radius 1 is 0.600 bits per heavy atom. The van der Waals surface area contributed by atoms with Gasteiger partial charge in [-0.3, -0.25) is 0 Å². The van der Waals surface area contributed by atoms with Gasteiger partial charge < -0.3 is 14.0 Å². The molecule has 1 aromatic rings. The average molecular weight is 607 g/mol. The third-order valence-electron chi connectivity index (χ3n) is 6.87. The van der Waals surface area contributed by atoms with Crippen LogP contribution in [0.15, 0.2) is 24.3 Å². The maximum absolute atomic E-state index is 12.5. The van der Waals surface area contributed by atoms with Crippen LogP contribution in [0.3, 0.4) is 0 Å². The smallest absolute Gasteiger partial charge is 0.748 e. The molecule has 0 saturated carbocycles. The number of rotatable bonds is 25. The van der Waals surface area contributed by atoms with Crippen LogP contribution >= 0.6 is 0 Å². The molecule has 0 unspecified atom stereocenters. The van der Waals surface area contributed by atoms with E-state index in [0.717, 1.165) is 19.3 Å². The van der Waals surface area contributed by atoms with E-state index in [9.17, 15) is 22.6 Å². The van der Waals surface area contributed by atoms with Gasteiger partial charge in [0.15, 0.2) is 0 Å². The Bertz CT molecular complexity index is 889. The van der Waals surface area contributed by atoms with Gasteiger partial charge in [-0.2, -0.15) is 0 Å². The molecule has 0 heterocycles. The van der Waals surface area contributed by atoms with E-state index in [4.69, 9.17) is 9.47 Å². The van der Waals surface area contributed by atoms with Gasteiger partial charge in [-0.25, -0.2) is 18.0 Å². The maximum Gasteiger partial charge on any atom is 1.00 e. The fourth-order valence-electron chi connectivity index (χ4n) is 4.53. The molecular weight excluding hydrogens is 555 g/mol. The van der Waals surface area contributed by atoms with Crippen molar-refractivity contribution >= 4 is 22.1 Å². The van der Waals surface area contributed by atoms with Crippen LogP contribution in [-0.2, 0) is 19.6 Å². The molecular formula is C31H51KO7S. The SMILES string of the molecule is CCCCCCCCCCCCCCCCCCCOC(=O)c1ccccc1C(=O)OCCCCS(=O)(=O)[O-].[K+]. The van der Waals surface area contributed by atoms with Crippen molar-refractivity contribution in [2.75, 3.05) is 19.0 Å². The molecule has 0 aromatic heterocycles. The summed E-state index contributed by atoms with van der Waals surface area (Å²) in [7, 11) is -4.27. The van der Waals surface area contributed by atoms with Crippen LogP contribution in [-0.4, -0.2) is 43.9 Å². The molecule has 224 valence electrons. The minimum atomic E-state index is -4.27. The summed E-state index contributed by atoms with van der Waals surface area (Å²) in [4.78, 5) is 24.9. The van der Waals surface area contributed by atoms with Crippen molar-refractivity contribution in [2.24, 2.45) is 0 Å². The van der Waals surface area contributed by atoms with Gasteiger partial charge in [-0.15, -0.1) is 0 Å². The van der Waals surface area contributed by atoms with E-state index < -0.39 is 27.8 Å². The first kappa shape index (κ1) is 39.7. The van der Waals surface area contributed by atoms with E-state index >= 15 is 0 Å². The monoisotopic (exact) mass is 606 g/mol. The Hall–Kier alpha value is -0.294. The summed E-state index contributed by atoms with van der Waals surface area (Å²) in [6.07, 6.45) is 22.2. The Balaban J connectivity index is 0.0000152. The fraction of sp³-hybridized carbons (Fsp3) is 0.742. The molecule has 0 fully saturated rings. The molecule has 7 nitrogen and oxygen atoms in total. The van der Waals surface area contributed by atoms with Crippen molar-refractivity contribution in [1.82, 2.24) is 0 Å². The number of hydrogen-bond donors (Lipinski definition) is 0. The molecule has 0 aliphatic carbocycles. The minimum Gasteiger partial charge on any atom is -0.748 e. The standard InChI is InChI=1S/C31H52O7S.K/c1-2-3-4-5-6-7-8-9-10-11-12-13-14-15-16-17-20-25-37-30(32)28-23-18-19-24-29(28)31(33)38-26-21-22-27-39(34,35)36;/h18-19,23-24H,2-17,20-22,25-27H2,1H3,(H,34,35,36);/q;+1/p-1. The molecule has 0 radical (unpaired) electrons. The van der Waals surface area contributed by atoms with Gasteiger partial charge in [-0.1, -0.05) is 122 Å². The topological polar surface area (TPSA) is 110 Å². The zero-order valence-corrected chi connectivity index (χ0v) is 29.1. The summed E-state index contributed by atoms with van der Waals surface area (Å²) < 4.78 is 42.4. The van der Waals surface area contributed by atoms with Gasteiger partial charge in [0.05, 0.1) is 34.5 Å². The van der Waals surface area contributed by atoms with Gasteiger partial charge in [0.2, 0.25) is 0 Å². The molecule has 0 N–H and O–H groups in total. The Kier molecular flexibility index (Phi) is 26.1. The Morgan fingerprint density at radius 2 is 0.925 bits per heavy atom. The normalized spacial score (nSPS) is 11.2. The van der Waals surface area contributed by atoms with Crippen LogP contribution in [0.4, 0.5) is 0 Å². The van der Waals surface area contributed by atoms with Crippen LogP contribution in [0.2, 0.25) is 0 Å². The number of hydrogen-bond acceptors (Lipinski definition) is 7. The van der Waals surface area contributed by atoms with Crippen molar-refractivity contribution in [3.8, 4) is 0 Å². The molecule has 0 atom stereocenters. The first-order chi connectivity index (χ1) is 18.8. The van der Waals surface area contributed by atoms with Crippen molar-refractivity contribution in [3.63, 3.8) is 0 Å². The Labute approximate surface area is 286 Å². The number of ether oxygens (including phenoxy) is 2. The van der Waals surface area contributed by atoms with Crippen molar-refractivity contribution in [2.45, 2.75) is 129 Å². The Morgan fingerprint density at radius 3 is 1.27 bits per heavy atom. The molecule has 0 bridgehead atoms. The molecule has 0 saturated heterocycles. The molecule has 0 amide bonds. The zero-order valence-electron chi connectivity index (χ0n) is 25.1. The van der Waals surface area contributed by atoms with Crippen molar-refractivity contribution < 1.29 is 83.4 Å². The van der Waals surface area contributed by atoms with Crippen LogP contribution in [0.25, 0.3) is 0 Å². The third kappa shape index (κ3) is 22.3. The van der Waals surface area contributed by atoms with Gasteiger partial charge >= 0.3 is 63.3 Å². The largest absolute Gasteiger partial charge is 1.00 e. The van der Waals surface area contributed by atoms with Gasteiger partial charge in [-0.05, 0) is 31.4 Å². The van der Waals surface area contributed by atoms with Crippen LogP contribution < -0.4 is 51.4 Å². The number of esters is 2. The summed E-state index contributed by atoms with van der Waals surface area (Å²) in [6, 6.07) is 6.31. The summed E-state index contributed by atoms with van der Waals surface area (Å²) in [6.45, 7) is 2.54. The number of unbranched alkanes of at least 4 members (excludes halogenated alkanes) is 17. The molecule has 0 spiro atoms. The van der Waals surface area contributed by atoms with Crippen molar-refractivity contribution in [1.29, 1.82) is 0 Å². The average Bonchev–Trinajstić information content (AvgIpc) is 2.91.